The molecule has 0 bridgehead atoms. The summed E-state index contributed by atoms with van der Waals surface area (Å²) >= 11 is 1.68. The van der Waals surface area contributed by atoms with Crippen molar-refractivity contribution in [3.05, 3.63) is 15.6 Å². The highest BCUT2D eigenvalue weighted by atomic mass is 32.1. The first-order valence-electron chi connectivity index (χ1n) is 5.43. The van der Waals surface area contributed by atoms with E-state index >= 15 is 0 Å². The Morgan fingerprint density at radius 1 is 1.44 bits per heavy atom. The fourth-order valence-electron chi connectivity index (χ4n) is 1.27. The number of terminal acetylenes is 1. The molecule has 0 saturated heterocycles. The van der Waals surface area contributed by atoms with E-state index in [2.05, 4.69) is 44.8 Å². The van der Waals surface area contributed by atoms with Crippen LogP contribution in [0, 0.1) is 12.3 Å². The molecular formula is C12H19NOSSi. The molecule has 0 aliphatic carbocycles. The Labute approximate surface area is 104 Å². The topological polar surface area (TPSA) is 22.1 Å². The molecule has 0 radical (unpaired) electrons. The Morgan fingerprint density at radius 3 is 2.44 bits per heavy atom. The summed E-state index contributed by atoms with van der Waals surface area (Å²) in [7, 11) is -0.983. The predicted octanol–water partition coefficient (Wildman–Crippen LogP) is 2.92. The van der Waals surface area contributed by atoms with E-state index in [0.29, 0.717) is 6.61 Å². The van der Waals surface area contributed by atoms with E-state index in [-0.39, 0.29) is 5.41 Å². The van der Waals surface area contributed by atoms with Gasteiger partial charge in [-0.25, -0.2) is 4.98 Å². The molecule has 0 spiro atoms. The minimum atomic E-state index is -0.983. The zero-order valence-corrected chi connectivity index (χ0v) is 12.6. The van der Waals surface area contributed by atoms with E-state index in [1.54, 1.807) is 11.3 Å². The van der Waals surface area contributed by atoms with Crippen LogP contribution in [0.5, 0.6) is 0 Å². The number of rotatable bonds is 3. The molecule has 1 aromatic rings. The third kappa shape index (κ3) is 3.44. The van der Waals surface area contributed by atoms with Crippen LogP contribution in [0.15, 0.2) is 0 Å². The second-order valence-corrected chi connectivity index (χ2v) is 8.55. The van der Waals surface area contributed by atoms with Gasteiger partial charge in [-0.15, -0.1) is 17.8 Å². The molecule has 0 atom stereocenters. The quantitative estimate of drug-likeness (QED) is 0.610. The number of hydrogen-bond donors (Lipinski definition) is 0. The summed E-state index contributed by atoms with van der Waals surface area (Å²) in [6.07, 6.45) is 5.48. The predicted molar refractivity (Wildman–Crippen MR) is 72.4 cm³/mol. The Morgan fingerprint density at radius 2 is 2.06 bits per heavy atom. The number of hydrogen-bond acceptors (Lipinski definition) is 3. The summed E-state index contributed by atoms with van der Waals surface area (Å²) in [4.78, 5) is 5.63. The standard InChI is InChI=1S/C12H19NOSSi/c1-7-9-11(12(2,3)4)15-10(13-9)8-14-16(5)6/h1,16H,8H2,2-6H3. The van der Waals surface area contributed by atoms with Crippen LogP contribution in [-0.4, -0.2) is 14.0 Å². The van der Waals surface area contributed by atoms with Gasteiger partial charge < -0.3 is 4.43 Å². The number of thiazole rings is 1. The van der Waals surface area contributed by atoms with E-state index in [1.807, 2.05) is 0 Å². The van der Waals surface area contributed by atoms with Crippen LogP contribution in [0.4, 0.5) is 0 Å². The summed E-state index contributed by atoms with van der Waals surface area (Å²) in [5.74, 6) is 2.67. The van der Waals surface area contributed by atoms with Crippen LogP contribution in [0.2, 0.25) is 13.1 Å². The highest BCUT2D eigenvalue weighted by Gasteiger charge is 2.22. The molecule has 0 unspecified atom stereocenters. The SMILES string of the molecule is C#Cc1nc(CO[SiH](C)C)sc1C(C)(C)C. The average Bonchev–Trinajstić information content (AvgIpc) is 2.57. The molecule has 0 N–H and O–H groups in total. The molecule has 1 aromatic heterocycles. The molecule has 4 heteroatoms. The molecule has 0 aromatic carbocycles. The fraction of sp³-hybridized carbons (Fsp3) is 0.583. The molecule has 0 amide bonds. The Bertz CT molecular complexity index is 398. The summed E-state index contributed by atoms with van der Waals surface area (Å²) in [5.41, 5.74) is 0.842. The van der Waals surface area contributed by atoms with E-state index in [0.717, 1.165) is 10.7 Å². The van der Waals surface area contributed by atoms with Gasteiger partial charge in [0.15, 0.2) is 9.04 Å². The maximum atomic E-state index is 5.67. The lowest BCUT2D eigenvalue weighted by molar-refractivity contribution is 0.314. The second-order valence-electron chi connectivity index (χ2n) is 5.04. The van der Waals surface area contributed by atoms with Crippen molar-refractivity contribution in [2.45, 2.75) is 45.9 Å². The van der Waals surface area contributed by atoms with Crippen molar-refractivity contribution in [2.24, 2.45) is 0 Å². The van der Waals surface area contributed by atoms with E-state index in [1.165, 1.54) is 4.88 Å². The smallest absolute Gasteiger partial charge is 0.171 e. The van der Waals surface area contributed by atoms with Crippen molar-refractivity contribution >= 4 is 20.4 Å². The first-order chi connectivity index (χ1) is 7.34. The van der Waals surface area contributed by atoms with Crippen molar-refractivity contribution in [2.75, 3.05) is 0 Å². The van der Waals surface area contributed by atoms with Gasteiger partial charge >= 0.3 is 0 Å². The van der Waals surface area contributed by atoms with Crippen LogP contribution < -0.4 is 0 Å². The Kier molecular flexibility index (Phi) is 4.31. The first-order valence-corrected chi connectivity index (χ1v) is 9.02. The molecular weight excluding hydrogens is 234 g/mol. The molecule has 16 heavy (non-hydrogen) atoms. The molecule has 0 saturated carbocycles. The lowest BCUT2D eigenvalue weighted by atomic mass is 9.93. The first kappa shape index (κ1) is 13.4. The lowest BCUT2D eigenvalue weighted by Gasteiger charge is -2.15. The van der Waals surface area contributed by atoms with E-state index in [4.69, 9.17) is 10.8 Å². The second kappa shape index (κ2) is 5.13. The van der Waals surface area contributed by atoms with Gasteiger partial charge in [0, 0.05) is 4.88 Å². The van der Waals surface area contributed by atoms with Crippen molar-refractivity contribution in [1.29, 1.82) is 0 Å². The maximum absolute atomic E-state index is 5.67. The highest BCUT2D eigenvalue weighted by molar-refractivity contribution is 7.12. The summed E-state index contributed by atoms with van der Waals surface area (Å²) < 4.78 is 5.67. The van der Waals surface area contributed by atoms with Crippen LogP contribution in [0.25, 0.3) is 0 Å². The van der Waals surface area contributed by atoms with Crippen LogP contribution >= 0.6 is 11.3 Å². The van der Waals surface area contributed by atoms with Gasteiger partial charge in [0.05, 0.1) is 6.61 Å². The third-order valence-corrected chi connectivity index (χ3v) is 4.32. The van der Waals surface area contributed by atoms with Crippen LogP contribution in [0.3, 0.4) is 0 Å². The van der Waals surface area contributed by atoms with Gasteiger partial charge in [-0.05, 0) is 24.4 Å². The van der Waals surface area contributed by atoms with Gasteiger partial charge in [-0.2, -0.15) is 0 Å². The van der Waals surface area contributed by atoms with Crippen LogP contribution in [-0.2, 0) is 16.4 Å². The van der Waals surface area contributed by atoms with Gasteiger partial charge in [0.25, 0.3) is 0 Å². The largest absolute Gasteiger partial charge is 0.414 e. The van der Waals surface area contributed by atoms with E-state index in [9.17, 15) is 0 Å². The van der Waals surface area contributed by atoms with Crippen molar-refractivity contribution in [3.8, 4) is 12.3 Å². The van der Waals surface area contributed by atoms with Gasteiger partial charge in [0.1, 0.15) is 10.7 Å². The number of aromatic nitrogens is 1. The minimum absolute atomic E-state index is 0.0624. The molecule has 1 heterocycles. The number of nitrogens with zero attached hydrogens (tertiary/aromatic N) is 1. The van der Waals surface area contributed by atoms with Gasteiger partial charge in [-0.1, -0.05) is 20.8 Å². The monoisotopic (exact) mass is 253 g/mol. The van der Waals surface area contributed by atoms with E-state index < -0.39 is 9.04 Å². The van der Waals surface area contributed by atoms with Crippen LogP contribution in [0.1, 0.15) is 36.3 Å². The highest BCUT2D eigenvalue weighted by Crippen LogP contribution is 2.31. The maximum Gasteiger partial charge on any atom is 0.171 e. The Balaban J connectivity index is 2.92. The molecule has 0 aliphatic heterocycles. The molecule has 0 aliphatic rings. The molecule has 0 fully saturated rings. The van der Waals surface area contributed by atoms with Crippen molar-refractivity contribution < 1.29 is 4.43 Å². The minimum Gasteiger partial charge on any atom is -0.414 e. The molecule has 2 nitrogen and oxygen atoms in total. The summed E-state index contributed by atoms with van der Waals surface area (Å²) in [6, 6.07) is 0. The Hall–Kier alpha value is -0.633. The zero-order valence-electron chi connectivity index (χ0n) is 10.6. The summed E-state index contributed by atoms with van der Waals surface area (Å²) in [6.45, 7) is 11.4. The third-order valence-electron chi connectivity index (χ3n) is 2.03. The zero-order chi connectivity index (χ0) is 12.3. The normalized spacial score (nSPS) is 11.8. The molecule has 88 valence electrons. The fourth-order valence-corrected chi connectivity index (χ4v) is 2.89. The molecule has 1 rings (SSSR count). The van der Waals surface area contributed by atoms with Gasteiger partial charge in [-0.3, -0.25) is 0 Å². The average molecular weight is 253 g/mol. The van der Waals surface area contributed by atoms with Crippen molar-refractivity contribution in [3.63, 3.8) is 0 Å². The lowest BCUT2D eigenvalue weighted by Crippen LogP contribution is -2.10. The van der Waals surface area contributed by atoms with Gasteiger partial charge in [0.2, 0.25) is 0 Å². The summed E-state index contributed by atoms with van der Waals surface area (Å²) in [5, 5.41) is 0.999. The van der Waals surface area contributed by atoms with Crippen molar-refractivity contribution in [1.82, 2.24) is 4.98 Å².